The van der Waals surface area contributed by atoms with E-state index in [0.717, 1.165) is 25.2 Å². The molecule has 0 bridgehead atoms. The van der Waals surface area contributed by atoms with Gasteiger partial charge in [-0.15, -0.1) is 0 Å². The van der Waals surface area contributed by atoms with Crippen molar-refractivity contribution in [3.05, 3.63) is 0 Å². The number of hydrogen-bond acceptors (Lipinski definition) is 3. The predicted octanol–water partition coefficient (Wildman–Crippen LogP) is 1.72. The molecule has 1 saturated heterocycles. The first-order valence-electron chi connectivity index (χ1n) is 7.57. The SMILES string of the molecule is NCCN1CCC(NC2CCCCCC2)CC1. The van der Waals surface area contributed by atoms with Crippen molar-refractivity contribution in [3.63, 3.8) is 0 Å². The smallest absolute Gasteiger partial charge is 0.0105 e. The molecule has 1 aliphatic heterocycles. The monoisotopic (exact) mass is 239 g/mol. The number of piperidine rings is 1. The van der Waals surface area contributed by atoms with Gasteiger partial charge in [0.2, 0.25) is 0 Å². The fourth-order valence-corrected chi connectivity index (χ4v) is 3.29. The fourth-order valence-electron chi connectivity index (χ4n) is 3.29. The lowest BCUT2D eigenvalue weighted by Gasteiger charge is -2.34. The summed E-state index contributed by atoms with van der Waals surface area (Å²) in [6.45, 7) is 4.36. The molecule has 0 unspecified atom stereocenters. The molecule has 3 heteroatoms. The van der Waals surface area contributed by atoms with Crippen LogP contribution in [0.4, 0.5) is 0 Å². The summed E-state index contributed by atoms with van der Waals surface area (Å²) in [7, 11) is 0. The fraction of sp³-hybridized carbons (Fsp3) is 1.00. The minimum absolute atomic E-state index is 0.770. The van der Waals surface area contributed by atoms with Crippen molar-refractivity contribution in [2.24, 2.45) is 5.73 Å². The zero-order chi connectivity index (χ0) is 11.9. The van der Waals surface area contributed by atoms with Gasteiger partial charge >= 0.3 is 0 Å². The Hall–Kier alpha value is -0.120. The topological polar surface area (TPSA) is 41.3 Å². The summed E-state index contributed by atoms with van der Waals surface area (Å²) in [6.07, 6.45) is 11.2. The van der Waals surface area contributed by atoms with E-state index in [1.807, 2.05) is 0 Å². The Bertz CT molecular complexity index is 192. The molecule has 2 rings (SSSR count). The number of hydrogen-bond donors (Lipinski definition) is 2. The molecule has 2 fully saturated rings. The number of nitrogens with one attached hydrogen (secondary N) is 1. The Balaban J connectivity index is 1.66. The largest absolute Gasteiger partial charge is 0.329 e. The molecule has 0 aromatic heterocycles. The van der Waals surface area contributed by atoms with Gasteiger partial charge in [-0.05, 0) is 38.8 Å². The van der Waals surface area contributed by atoms with Crippen LogP contribution in [0.15, 0.2) is 0 Å². The average molecular weight is 239 g/mol. The van der Waals surface area contributed by atoms with E-state index in [4.69, 9.17) is 5.73 Å². The summed E-state index contributed by atoms with van der Waals surface area (Å²) in [5, 5.41) is 3.90. The van der Waals surface area contributed by atoms with Gasteiger partial charge < -0.3 is 16.0 Å². The Morgan fingerprint density at radius 1 is 0.882 bits per heavy atom. The number of nitrogens with two attached hydrogens (primary N) is 1. The molecule has 1 aliphatic carbocycles. The standard InChI is InChI=1S/C14H29N3/c15-9-12-17-10-7-14(8-11-17)16-13-5-3-1-2-4-6-13/h13-14,16H,1-12,15H2. The molecule has 0 aromatic carbocycles. The minimum atomic E-state index is 0.770. The van der Waals surface area contributed by atoms with E-state index in [9.17, 15) is 0 Å². The van der Waals surface area contributed by atoms with Crippen molar-refractivity contribution in [2.75, 3.05) is 26.2 Å². The van der Waals surface area contributed by atoms with E-state index in [-0.39, 0.29) is 0 Å². The normalized spacial score (nSPS) is 25.9. The molecule has 1 saturated carbocycles. The van der Waals surface area contributed by atoms with Crippen molar-refractivity contribution in [1.29, 1.82) is 0 Å². The lowest BCUT2D eigenvalue weighted by molar-refractivity contribution is 0.192. The number of likely N-dealkylation sites (tertiary alicyclic amines) is 1. The summed E-state index contributed by atoms with van der Waals surface area (Å²) < 4.78 is 0. The maximum Gasteiger partial charge on any atom is 0.0105 e. The van der Waals surface area contributed by atoms with Crippen molar-refractivity contribution in [3.8, 4) is 0 Å². The van der Waals surface area contributed by atoms with Crippen LogP contribution in [-0.2, 0) is 0 Å². The van der Waals surface area contributed by atoms with Gasteiger partial charge in [0.05, 0.1) is 0 Å². The van der Waals surface area contributed by atoms with Crippen molar-refractivity contribution >= 4 is 0 Å². The van der Waals surface area contributed by atoms with Crippen LogP contribution < -0.4 is 11.1 Å². The Kier molecular flexibility index (Phi) is 5.75. The first kappa shape index (κ1) is 13.3. The summed E-state index contributed by atoms with van der Waals surface area (Å²) >= 11 is 0. The summed E-state index contributed by atoms with van der Waals surface area (Å²) in [4.78, 5) is 2.51. The van der Waals surface area contributed by atoms with Gasteiger partial charge in [-0.2, -0.15) is 0 Å². The van der Waals surface area contributed by atoms with Crippen LogP contribution in [0, 0.1) is 0 Å². The van der Waals surface area contributed by atoms with E-state index >= 15 is 0 Å². The second-order valence-corrected chi connectivity index (χ2v) is 5.76. The predicted molar refractivity (Wildman–Crippen MR) is 73.1 cm³/mol. The molecule has 17 heavy (non-hydrogen) atoms. The number of nitrogens with zero attached hydrogens (tertiary/aromatic N) is 1. The van der Waals surface area contributed by atoms with Crippen molar-refractivity contribution in [1.82, 2.24) is 10.2 Å². The first-order chi connectivity index (χ1) is 8.38. The first-order valence-corrected chi connectivity index (χ1v) is 7.57. The summed E-state index contributed by atoms with van der Waals surface area (Å²) in [5.74, 6) is 0. The van der Waals surface area contributed by atoms with E-state index in [2.05, 4.69) is 10.2 Å². The second-order valence-electron chi connectivity index (χ2n) is 5.76. The molecule has 1 heterocycles. The summed E-state index contributed by atoms with van der Waals surface area (Å²) in [6, 6.07) is 1.58. The van der Waals surface area contributed by atoms with Crippen LogP contribution in [0.1, 0.15) is 51.4 Å². The van der Waals surface area contributed by atoms with Crippen molar-refractivity contribution < 1.29 is 0 Å². The van der Waals surface area contributed by atoms with Gasteiger partial charge in [0.25, 0.3) is 0 Å². The summed E-state index contributed by atoms with van der Waals surface area (Å²) in [5.41, 5.74) is 5.60. The van der Waals surface area contributed by atoms with Crippen LogP contribution in [-0.4, -0.2) is 43.2 Å². The second kappa shape index (κ2) is 7.34. The zero-order valence-corrected chi connectivity index (χ0v) is 11.2. The highest BCUT2D eigenvalue weighted by molar-refractivity contribution is 4.81. The maximum atomic E-state index is 5.60. The highest BCUT2D eigenvalue weighted by atomic mass is 15.1. The average Bonchev–Trinajstić information content (AvgIpc) is 2.61. The molecular weight excluding hydrogens is 210 g/mol. The minimum Gasteiger partial charge on any atom is -0.329 e. The van der Waals surface area contributed by atoms with E-state index in [1.165, 1.54) is 64.5 Å². The molecule has 0 spiro atoms. The Morgan fingerprint density at radius 3 is 2.06 bits per heavy atom. The highest BCUT2D eigenvalue weighted by Gasteiger charge is 2.21. The molecule has 2 aliphatic rings. The van der Waals surface area contributed by atoms with E-state index in [0.29, 0.717) is 0 Å². The van der Waals surface area contributed by atoms with Crippen LogP contribution in [0.25, 0.3) is 0 Å². The van der Waals surface area contributed by atoms with Gasteiger partial charge in [0.1, 0.15) is 0 Å². The molecule has 100 valence electrons. The van der Waals surface area contributed by atoms with Crippen LogP contribution in [0.3, 0.4) is 0 Å². The Morgan fingerprint density at radius 2 is 1.47 bits per heavy atom. The zero-order valence-electron chi connectivity index (χ0n) is 11.2. The third kappa shape index (κ3) is 4.57. The van der Waals surface area contributed by atoms with Gasteiger partial charge in [-0.25, -0.2) is 0 Å². The molecule has 0 radical (unpaired) electrons. The maximum absolute atomic E-state index is 5.60. The third-order valence-corrected chi connectivity index (χ3v) is 4.36. The van der Waals surface area contributed by atoms with E-state index < -0.39 is 0 Å². The Labute approximate surface area is 106 Å². The molecule has 0 aromatic rings. The third-order valence-electron chi connectivity index (χ3n) is 4.36. The molecule has 3 nitrogen and oxygen atoms in total. The van der Waals surface area contributed by atoms with Gasteiger partial charge in [0.15, 0.2) is 0 Å². The van der Waals surface area contributed by atoms with Crippen LogP contribution >= 0.6 is 0 Å². The van der Waals surface area contributed by atoms with Crippen LogP contribution in [0.2, 0.25) is 0 Å². The molecule has 0 amide bonds. The van der Waals surface area contributed by atoms with Gasteiger partial charge in [0, 0.05) is 25.2 Å². The molecule has 0 atom stereocenters. The van der Waals surface area contributed by atoms with Gasteiger partial charge in [-0.1, -0.05) is 25.7 Å². The molecular formula is C14H29N3. The quantitative estimate of drug-likeness (QED) is 0.734. The van der Waals surface area contributed by atoms with E-state index in [1.54, 1.807) is 0 Å². The number of rotatable bonds is 4. The van der Waals surface area contributed by atoms with Crippen LogP contribution in [0.5, 0.6) is 0 Å². The highest BCUT2D eigenvalue weighted by Crippen LogP contribution is 2.19. The lowest BCUT2D eigenvalue weighted by atomic mass is 10.0. The van der Waals surface area contributed by atoms with Crippen molar-refractivity contribution in [2.45, 2.75) is 63.5 Å². The molecule has 3 N–H and O–H groups in total. The van der Waals surface area contributed by atoms with Gasteiger partial charge in [-0.3, -0.25) is 0 Å². The lowest BCUT2D eigenvalue weighted by Crippen LogP contribution is -2.47.